The Kier molecular flexibility index (Phi) is 5.61. The van der Waals surface area contributed by atoms with Crippen LogP contribution in [0.5, 0.6) is 5.75 Å². The summed E-state index contributed by atoms with van der Waals surface area (Å²) in [6.45, 7) is 5.61. The molecule has 4 amide bonds. The normalized spacial score (nSPS) is 15.6. The van der Waals surface area contributed by atoms with E-state index in [0.29, 0.717) is 34.2 Å². The van der Waals surface area contributed by atoms with Crippen LogP contribution in [0.4, 0.5) is 10.5 Å². The van der Waals surface area contributed by atoms with Gasteiger partial charge in [0.2, 0.25) is 0 Å². The van der Waals surface area contributed by atoms with Crippen molar-refractivity contribution in [3.8, 4) is 5.75 Å². The summed E-state index contributed by atoms with van der Waals surface area (Å²) in [4.78, 5) is 38.5. The van der Waals surface area contributed by atoms with Crippen LogP contribution in [-0.4, -0.2) is 24.5 Å². The lowest BCUT2D eigenvalue weighted by Crippen LogP contribution is -2.54. The second-order valence-corrected chi connectivity index (χ2v) is 6.42. The molecule has 0 unspecified atom stereocenters. The number of carbonyl (C=O) groups is 3. The Morgan fingerprint density at radius 3 is 2.68 bits per heavy atom. The number of ether oxygens (including phenoxy) is 1. The molecule has 7 heteroatoms. The first kappa shape index (κ1) is 19.4. The van der Waals surface area contributed by atoms with Gasteiger partial charge in [0.25, 0.3) is 11.8 Å². The van der Waals surface area contributed by atoms with Crippen LogP contribution in [0.15, 0.2) is 60.7 Å². The zero-order valence-electron chi connectivity index (χ0n) is 15.1. The molecule has 1 aliphatic heterocycles. The molecule has 6 nitrogen and oxygen atoms in total. The molecule has 1 saturated heterocycles. The second kappa shape index (κ2) is 8.10. The van der Waals surface area contributed by atoms with Crippen LogP contribution >= 0.6 is 11.6 Å². The van der Waals surface area contributed by atoms with E-state index in [1.54, 1.807) is 55.5 Å². The van der Waals surface area contributed by atoms with E-state index >= 15 is 0 Å². The summed E-state index contributed by atoms with van der Waals surface area (Å²) in [5.74, 6) is -0.920. The maximum atomic E-state index is 13.0. The van der Waals surface area contributed by atoms with Gasteiger partial charge < -0.3 is 4.74 Å². The molecular formula is C21H17ClN2O4. The van der Waals surface area contributed by atoms with Gasteiger partial charge in [-0.05, 0) is 48.4 Å². The van der Waals surface area contributed by atoms with E-state index in [1.165, 1.54) is 6.08 Å². The summed E-state index contributed by atoms with van der Waals surface area (Å²) in [5, 5.41) is 2.61. The Morgan fingerprint density at radius 2 is 1.93 bits per heavy atom. The number of nitrogens with one attached hydrogen (secondary N) is 1. The standard InChI is InChI=1S/C21H17ClN2O4/c1-3-10-28-15-7-4-6-14(11-15)12-16-19(25)23-21(27)24(20(16)26)18-9-5-8-17(22)13(18)2/h3-9,11-12H,1,10H2,2H3,(H,23,25,27)/b16-12-. The number of benzene rings is 2. The van der Waals surface area contributed by atoms with Crippen molar-refractivity contribution in [2.24, 2.45) is 0 Å². The third-order valence-corrected chi connectivity index (χ3v) is 4.53. The SMILES string of the molecule is C=CCOc1cccc(/C=C2/C(=O)NC(=O)N(c3cccc(Cl)c3C)C2=O)c1. The van der Waals surface area contributed by atoms with Crippen molar-refractivity contribution in [2.75, 3.05) is 11.5 Å². The van der Waals surface area contributed by atoms with Gasteiger partial charge in [-0.2, -0.15) is 0 Å². The molecule has 2 aromatic carbocycles. The van der Waals surface area contributed by atoms with E-state index in [4.69, 9.17) is 16.3 Å². The summed E-state index contributed by atoms with van der Waals surface area (Å²) in [6, 6.07) is 11.0. The van der Waals surface area contributed by atoms with E-state index in [1.807, 2.05) is 0 Å². The molecule has 0 spiro atoms. The lowest BCUT2D eigenvalue weighted by molar-refractivity contribution is -0.122. The summed E-state index contributed by atoms with van der Waals surface area (Å²) in [6.07, 6.45) is 3.03. The van der Waals surface area contributed by atoms with Crippen molar-refractivity contribution < 1.29 is 19.1 Å². The zero-order valence-corrected chi connectivity index (χ0v) is 15.8. The van der Waals surface area contributed by atoms with Gasteiger partial charge in [0.15, 0.2) is 0 Å². The maximum Gasteiger partial charge on any atom is 0.335 e. The molecule has 28 heavy (non-hydrogen) atoms. The Labute approximate surface area is 167 Å². The minimum Gasteiger partial charge on any atom is -0.490 e. The summed E-state index contributed by atoms with van der Waals surface area (Å²) < 4.78 is 5.46. The molecule has 1 aliphatic rings. The van der Waals surface area contributed by atoms with Crippen molar-refractivity contribution in [1.29, 1.82) is 0 Å². The van der Waals surface area contributed by atoms with Crippen LogP contribution in [0.1, 0.15) is 11.1 Å². The lowest BCUT2D eigenvalue weighted by atomic mass is 10.1. The molecule has 1 heterocycles. The predicted octanol–water partition coefficient (Wildman–Crippen LogP) is 3.88. The summed E-state index contributed by atoms with van der Waals surface area (Å²) >= 11 is 6.11. The van der Waals surface area contributed by atoms with Gasteiger partial charge in [-0.25, -0.2) is 9.69 Å². The fourth-order valence-electron chi connectivity index (χ4n) is 2.73. The molecular weight excluding hydrogens is 380 g/mol. The van der Waals surface area contributed by atoms with Gasteiger partial charge in [-0.3, -0.25) is 14.9 Å². The third kappa shape index (κ3) is 3.82. The monoisotopic (exact) mass is 396 g/mol. The highest BCUT2D eigenvalue weighted by Gasteiger charge is 2.37. The van der Waals surface area contributed by atoms with Crippen LogP contribution < -0.4 is 15.0 Å². The van der Waals surface area contributed by atoms with Gasteiger partial charge in [0.05, 0.1) is 5.69 Å². The van der Waals surface area contributed by atoms with Crippen molar-refractivity contribution in [3.05, 3.63) is 76.8 Å². The highest BCUT2D eigenvalue weighted by Crippen LogP contribution is 2.29. The minimum absolute atomic E-state index is 0.167. The number of urea groups is 1. The molecule has 0 aliphatic carbocycles. The van der Waals surface area contributed by atoms with E-state index in [2.05, 4.69) is 11.9 Å². The van der Waals surface area contributed by atoms with E-state index < -0.39 is 17.8 Å². The van der Waals surface area contributed by atoms with Crippen molar-refractivity contribution in [2.45, 2.75) is 6.92 Å². The molecule has 0 atom stereocenters. The molecule has 0 aromatic heterocycles. The van der Waals surface area contributed by atoms with Crippen LogP contribution in [-0.2, 0) is 9.59 Å². The van der Waals surface area contributed by atoms with Crippen molar-refractivity contribution in [1.82, 2.24) is 5.32 Å². The van der Waals surface area contributed by atoms with E-state index in [0.717, 1.165) is 4.90 Å². The van der Waals surface area contributed by atoms with E-state index in [-0.39, 0.29) is 5.57 Å². The van der Waals surface area contributed by atoms with Gasteiger partial charge in [-0.15, -0.1) is 0 Å². The van der Waals surface area contributed by atoms with E-state index in [9.17, 15) is 14.4 Å². The van der Waals surface area contributed by atoms with Crippen LogP contribution in [0.3, 0.4) is 0 Å². The zero-order chi connectivity index (χ0) is 20.3. The van der Waals surface area contributed by atoms with Gasteiger partial charge in [0, 0.05) is 5.02 Å². The Balaban J connectivity index is 1.99. The number of amides is 4. The lowest BCUT2D eigenvalue weighted by Gasteiger charge is -2.27. The molecule has 1 fully saturated rings. The molecule has 0 bridgehead atoms. The largest absolute Gasteiger partial charge is 0.490 e. The van der Waals surface area contributed by atoms with Gasteiger partial charge >= 0.3 is 6.03 Å². The highest BCUT2D eigenvalue weighted by atomic mass is 35.5. The number of anilines is 1. The number of imide groups is 2. The highest BCUT2D eigenvalue weighted by molar-refractivity contribution is 6.39. The molecule has 3 rings (SSSR count). The fourth-order valence-corrected chi connectivity index (χ4v) is 2.90. The van der Waals surface area contributed by atoms with Crippen molar-refractivity contribution >= 4 is 41.2 Å². The third-order valence-electron chi connectivity index (χ3n) is 4.12. The van der Waals surface area contributed by atoms with Crippen LogP contribution in [0, 0.1) is 6.92 Å². The average Bonchev–Trinajstić information content (AvgIpc) is 2.67. The average molecular weight is 397 g/mol. The Bertz CT molecular complexity index is 1010. The number of hydrogen-bond donors (Lipinski definition) is 1. The molecule has 2 aromatic rings. The second-order valence-electron chi connectivity index (χ2n) is 6.01. The topological polar surface area (TPSA) is 75.7 Å². The minimum atomic E-state index is -0.819. The quantitative estimate of drug-likeness (QED) is 0.472. The number of halogens is 1. The maximum absolute atomic E-state index is 13.0. The predicted molar refractivity (Wildman–Crippen MR) is 107 cm³/mol. The van der Waals surface area contributed by atoms with Crippen LogP contribution in [0.2, 0.25) is 5.02 Å². The molecule has 1 N–H and O–H groups in total. The number of nitrogens with zero attached hydrogens (tertiary/aromatic N) is 1. The molecule has 142 valence electrons. The number of barbiturate groups is 1. The number of hydrogen-bond acceptors (Lipinski definition) is 4. The Morgan fingerprint density at radius 1 is 1.18 bits per heavy atom. The van der Waals surface area contributed by atoms with Crippen molar-refractivity contribution in [3.63, 3.8) is 0 Å². The first-order chi connectivity index (χ1) is 13.4. The fraction of sp³-hybridized carbons (Fsp3) is 0.0952. The first-order valence-corrected chi connectivity index (χ1v) is 8.80. The summed E-state index contributed by atoms with van der Waals surface area (Å²) in [7, 11) is 0. The summed E-state index contributed by atoms with van der Waals surface area (Å²) in [5.41, 5.74) is 1.29. The number of carbonyl (C=O) groups excluding carboxylic acids is 3. The number of rotatable bonds is 5. The van der Waals surface area contributed by atoms with Crippen LogP contribution in [0.25, 0.3) is 6.08 Å². The molecule has 0 saturated carbocycles. The van der Waals surface area contributed by atoms with Gasteiger partial charge in [0.1, 0.15) is 17.9 Å². The first-order valence-electron chi connectivity index (χ1n) is 8.42. The Hall–Kier alpha value is -3.38. The smallest absolute Gasteiger partial charge is 0.335 e. The molecule has 0 radical (unpaired) electrons. The van der Waals surface area contributed by atoms with Gasteiger partial charge in [-0.1, -0.05) is 42.5 Å².